The minimum absolute atomic E-state index is 0.0310. The van der Waals surface area contributed by atoms with E-state index in [4.69, 9.17) is 4.74 Å². The first-order valence-corrected chi connectivity index (χ1v) is 13.6. The number of rotatable bonds is 6. The Hall–Kier alpha value is -2.58. The summed E-state index contributed by atoms with van der Waals surface area (Å²) < 4.78 is 7.49. The summed E-state index contributed by atoms with van der Waals surface area (Å²) in [4.78, 5) is 34.6. The number of carbonyl (C=O) groups excluding carboxylic acids is 2. The Balaban J connectivity index is 1.45. The minimum atomic E-state index is -0.960. The summed E-state index contributed by atoms with van der Waals surface area (Å²) >= 11 is 0. The highest BCUT2D eigenvalue weighted by atomic mass is 16.5. The third kappa shape index (κ3) is 4.85. The number of aromatic nitrogens is 1. The highest BCUT2D eigenvalue weighted by molar-refractivity contribution is 6.03. The Morgan fingerprint density at radius 2 is 1.78 bits per heavy atom. The van der Waals surface area contributed by atoms with Crippen molar-refractivity contribution in [2.24, 2.45) is 0 Å². The molecule has 2 fully saturated rings. The van der Waals surface area contributed by atoms with Crippen molar-refractivity contribution in [3.8, 4) is 5.75 Å². The number of likely N-dealkylation sites (N-methyl/N-ethyl adjacent to an activating group) is 1. The van der Waals surface area contributed by atoms with Crippen LogP contribution in [0.25, 0.3) is 10.9 Å². The first-order valence-electron chi connectivity index (χ1n) is 13.6. The zero-order chi connectivity index (χ0) is 25.3. The van der Waals surface area contributed by atoms with Crippen LogP contribution in [0.15, 0.2) is 24.3 Å². The minimum Gasteiger partial charge on any atom is -0.497 e. The number of nitrogens with zero attached hydrogens (tertiary/aromatic N) is 4. The fourth-order valence-corrected chi connectivity index (χ4v) is 6.08. The quantitative estimate of drug-likeness (QED) is 0.624. The van der Waals surface area contributed by atoms with Gasteiger partial charge in [-0.3, -0.25) is 14.5 Å². The molecule has 1 aromatic carbocycles. The summed E-state index contributed by atoms with van der Waals surface area (Å²) in [6.07, 6.45) is 6.82. The third-order valence-corrected chi connectivity index (χ3v) is 8.55. The molecular weight excluding hydrogens is 454 g/mol. The van der Waals surface area contributed by atoms with E-state index in [0.717, 1.165) is 75.1 Å². The molecule has 3 heterocycles. The molecule has 1 saturated heterocycles. The topological polar surface area (TPSA) is 70.1 Å². The lowest BCUT2D eigenvalue weighted by molar-refractivity contribution is -0.133. The maximum atomic E-state index is 14.0. The fourth-order valence-electron chi connectivity index (χ4n) is 6.08. The predicted molar refractivity (Wildman–Crippen MR) is 142 cm³/mol. The molecule has 1 atom stereocenters. The highest BCUT2D eigenvalue weighted by Crippen LogP contribution is 2.34. The van der Waals surface area contributed by atoms with Gasteiger partial charge in [-0.2, -0.15) is 0 Å². The molecule has 8 heteroatoms. The van der Waals surface area contributed by atoms with Crippen LogP contribution in [0, 0.1) is 0 Å². The second kappa shape index (κ2) is 10.4. The predicted octanol–water partition coefficient (Wildman–Crippen LogP) is 2.95. The first-order chi connectivity index (χ1) is 17.4. The summed E-state index contributed by atoms with van der Waals surface area (Å²) in [5.74, 6) is 0.651. The van der Waals surface area contributed by atoms with Gasteiger partial charge in [0, 0.05) is 56.8 Å². The number of methoxy groups -OCH3 is 1. The van der Waals surface area contributed by atoms with Gasteiger partial charge in [0.05, 0.1) is 19.2 Å². The van der Waals surface area contributed by atoms with Crippen molar-refractivity contribution in [1.29, 1.82) is 0 Å². The van der Waals surface area contributed by atoms with Crippen molar-refractivity contribution < 1.29 is 14.3 Å². The summed E-state index contributed by atoms with van der Waals surface area (Å²) in [7, 11) is 3.80. The van der Waals surface area contributed by atoms with E-state index < -0.39 is 5.54 Å². The second-order valence-corrected chi connectivity index (χ2v) is 11.1. The molecule has 5 rings (SSSR count). The number of amides is 2. The molecule has 0 radical (unpaired) electrons. The number of piperazine rings is 1. The van der Waals surface area contributed by atoms with Crippen LogP contribution in [0.4, 0.5) is 0 Å². The zero-order valence-corrected chi connectivity index (χ0v) is 22.1. The van der Waals surface area contributed by atoms with Gasteiger partial charge >= 0.3 is 0 Å². The van der Waals surface area contributed by atoms with Crippen LogP contribution in [0.5, 0.6) is 5.75 Å². The molecular formula is C28H41N5O3. The average molecular weight is 496 g/mol. The Morgan fingerprint density at radius 1 is 1.06 bits per heavy atom. The molecule has 8 nitrogen and oxygen atoms in total. The lowest BCUT2D eigenvalue weighted by atomic mass is 9.93. The summed E-state index contributed by atoms with van der Waals surface area (Å²) in [6, 6.07) is 8.03. The molecule has 2 aromatic rings. The van der Waals surface area contributed by atoms with E-state index in [1.165, 1.54) is 12.8 Å². The molecule has 36 heavy (non-hydrogen) atoms. The van der Waals surface area contributed by atoms with E-state index in [1.807, 2.05) is 40.7 Å². The number of nitrogens with one attached hydrogen (secondary N) is 1. The van der Waals surface area contributed by atoms with Crippen molar-refractivity contribution in [3.63, 3.8) is 0 Å². The van der Waals surface area contributed by atoms with E-state index in [1.54, 1.807) is 7.11 Å². The number of ether oxygens (including phenoxy) is 1. The Kier molecular flexibility index (Phi) is 7.26. The van der Waals surface area contributed by atoms with Crippen LogP contribution < -0.4 is 10.1 Å². The number of hydrogen-bond acceptors (Lipinski definition) is 5. The fraction of sp³-hybridized carbons (Fsp3) is 0.643. The summed E-state index contributed by atoms with van der Waals surface area (Å²) in [5.41, 5.74) is 0.624. The maximum absolute atomic E-state index is 14.0. The molecule has 3 aliphatic rings. The van der Waals surface area contributed by atoms with Crippen molar-refractivity contribution in [1.82, 2.24) is 24.6 Å². The van der Waals surface area contributed by atoms with Crippen LogP contribution >= 0.6 is 0 Å². The maximum Gasteiger partial charge on any atom is 0.271 e. The van der Waals surface area contributed by atoms with Crippen LogP contribution in [0.2, 0.25) is 0 Å². The van der Waals surface area contributed by atoms with E-state index in [0.29, 0.717) is 18.8 Å². The Morgan fingerprint density at radius 3 is 2.47 bits per heavy atom. The Labute approximate surface area is 214 Å². The van der Waals surface area contributed by atoms with Gasteiger partial charge in [-0.25, -0.2) is 0 Å². The van der Waals surface area contributed by atoms with Crippen molar-refractivity contribution >= 4 is 22.7 Å². The van der Waals surface area contributed by atoms with Crippen molar-refractivity contribution in [2.45, 2.75) is 63.6 Å². The molecule has 2 aliphatic heterocycles. The van der Waals surface area contributed by atoms with E-state index in [-0.39, 0.29) is 17.9 Å². The van der Waals surface area contributed by atoms with Crippen LogP contribution in [-0.4, -0.2) is 96.1 Å². The van der Waals surface area contributed by atoms with Gasteiger partial charge in [-0.05, 0) is 45.0 Å². The monoisotopic (exact) mass is 495 g/mol. The third-order valence-electron chi connectivity index (χ3n) is 8.55. The lowest BCUT2D eigenvalue weighted by Crippen LogP contribution is -2.66. The molecule has 1 unspecified atom stereocenters. The number of benzene rings is 1. The number of hydrogen-bond donors (Lipinski definition) is 1. The smallest absolute Gasteiger partial charge is 0.271 e. The van der Waals surface area contributed by atoms with Gasteiger partial charge in [-0.15, -0.1) is 0 Å². The van der Waals surface area contributed by atoms with Gasteiger partial charge in [-0.1, -0.05) is 25.7 Å². The lowest BCUT2D eigenvalue weighted by Gasteiger charge is -2.45. The second-order valence-electron chi connectivity index (χ2n) is 11.1. The molecule has 1 N–H and O–H groups in total. The summed E-state index contributed by atoms with van der Waals surface area (Å²) in [6.45, 7) is 7.75. The highest BCUT2D eigenvalue weighted by Gasteiger charge is 2.48. The molecule has 1 aliphatic carbocycles. The summed E-state index contributed by atoms with van der Waals surface area (Å²) in [5, 5.41) is 4.36. The van der Waals surface area contributed by atoms with Crippen LogP contribution in [0.1, 0.15) is 55.9 Å². The molecule has 0 spiro atoms. The van der Waals surface area contributed by atoms with Crippen molar-refractivity contribution in [3.05, 3.63) is 30.0 Å². The number of carbonyl (C=O) groups is 2. The standard InChI is InChI=1S/C28H41N5O3/c1-28(27(35)29-22-8-6-4-5-7-9-22)20-32-24-19-23(36-3)11-10-21(24)18-25(32)26(34)33(28)17-16-31-14-12-30(2)13-15-31/h10-11,18-19,22H,4-9,12-17,20H2,1-3H3,(H,29,35). The van der Waals surface area contributed by atoms with Gasteiger partial charge in [0.25, 0.3) is 5.91 Å². The molecule has 1 aromatic heterocycles. The largest absolute Gasteiger partial charge is 0.497 e. The van der Waals surface area contributed by atoms with Crippen molar-refractivity contribution in [2.75, 3.05) is 53.4 Å². The molecule has 2 amide bonds. The average Bonchev–Trinajstić information content (AvgIpc) is 3.04. The molecule has 0 bridgehead atoms. The SMILES string of the molecule is COc1ccc2cc3n(c2c1)CC(C)(C(=O)NC1CCCCCC1)N(CCN1CCN(C)CC1)C3=O. The molecule has 1 saturated carbocycles. The van der Waals surface area contributed by atoms with Crippen LogP contribution in [0.3, 0.4) is 0 Å². The van der Waals surface area contributed by atoms with Gasteiger partial charge in [0.2, 0.25) is 5.91 Å². The van der Waals surface area contributed by atoms with Gasteiger partial charge < -0.3 is 24.4 Å². The Bertz CT molecular complexity index is 1100. The zero-order valence-electron chi connectivity index (χ0n) is 22.1. The van der Waals surface area contributed by atoms with Gasteiger partial charge in [0.15, 0.2) is 0 Å². The van der Waals surface area contributed by atoms with E-state index >= 15 is 0 Å². The normalized spacial score (nSPS) is 24.5. The number of fused-ring (bicyclic) bond motifs is 3. The first kappa shape index (κ1) is 25.1. The van der Waals surface area contributed by atoms with Crippen LogP contribution in [-0.2, 0) is 11.3 Å². The molecule has 196 valence electrons. The van der Waals surface area contributed by atoms with E-state index in [2.05, 4.69) is 22.2 Å². The van der Waals surface area contributed by atoms with E-state index in [9.17, 15) is 9.59 Å². The van der Waals surface area contributed by atoms with Gasteiger partial charge in [0.1, 0.15) is 17.0 Å².